The van der Waals surface area contributed by atoms with Crippen LogP contribution in [0.4, 0.5) is 0 Å². The van der Waals surface area contributed by atoms with Crippen LogP contribution in [0.1, 0.15) is 31.9 Å². The fourth-order valence-electron chi connectivity index (χ4n) is 3.38. The smallest absolute Gasteiger partial charge is 0.110 e. The van der Waals surface area contributed by atoms with Crippen molar-refractivity contribution < 1.29 is 14.2 Å². The zero-order valence-corrected chi connectivity index (χ0v) is 15.3. The van der Waals surface area contributed by atoms with E-state index >= 15 is 0 Å². The van der Waals surface area contributed by atoms with Crippen molar-refractivity contribution >= 4 is 0 Å². The van der Waals surface area contributed by atoms with Crippen molar-refractivity contribution in [3.05, 3.63) is 71.8 Å². The number of rotatable bonds is 6. The maximum absolute atomic E-state index is 6.32. The summed E-state index contributed by atoms with van der Waals surface area (Å²) in [5, 5.41) is 0. The second-order valence-electron chi connectivity index (χ2n) is 6.93. The first-order valence-electron chi connectivity index (χ1n) is 9.11. The van der Waals surface area contributed by atoms with Gasteiger partial charge in [-0.15, -0.1) is 0 Å². The molecule has 0 aliphatic carbocycles. The Labute approximate surface area is 150 Å². The highest BCUT2D eigenvalue weighted by atomic mass is 16.6. The highest BCUT2D eigenvalue weighted by Crippen LogP contribution is 2.31. The number of hydrogen-bond acceptors (Lipinski definition) is 3. The van der Waals surface area contributed by atoms with E-state index in [0.29, 0.717) is 13.2 Å². The van der Waals surface area contributed by atoms with E-state index in [1.165, 1.54) is 11.1 Å². The standard InChI is InChI=1S/C22H28O3/c1-16-17(2)25-18(3)22(24-15-20-12-8-5-9-13-20)21(16)23-14-19-10-6-4-7-11-19/h4-13,16-18,21-22H,14-15H2,1-3H3/t16-,17?,18?,21?,22+/m1/s1. The maximum Gasteiger partial charge on any atom is 0.110 e. The lowest BCUT2D eigenvalue weighted by molar-refractivity contribution is -0.223. The molecular formula is C22H28O3. The van der Waals surface area contributed by atoms with E-state index in [1.54, 1.807) is 0 Å². The lowest BCUT2D eigenvalue weighted by Crippen LogP contribution is -2.53. The summed E-state index contributed by atoms with van der Waals surface area (Å²) in [6.07, 6.45) is 0.112. The quantitative estimate of drug-likeness (QED) is 0.769. The molecule has 0 bridgehead atoms. The molecular weight excluding hydrogens is 312 g/mol. The van der Waals surface area contributed by atoms with Gasteiger partial charge in [0.2, 0.25) is 0 Å². The highest BCUT2D eigenvalue weighted by Gasteiger charge is 2.41. The van der Waals surface area contributed by atoms with Gasteiger partial charge in [0, 0.05) is 5.92 Å². The lowest BCUT2D eigenvalue weighted by Gasteiger charge is -2.43. The molecule has 0 N–H and O–H groups in total. The van der Waals surface area contributed by atoms with Gasteiger partial charge < -0.3 is 14.2 Å². The van der Waals surface area contributed by atoms with Crippen molar-refractivity contribution in [1.82, 2.24) is 0 Å². The average Bonchev–Trinajstić information content (AvgIpc) is 2.64. The van der Waals surface area contributed by atoms with Crippen LogP contribution in [0, 0.1) is 5.92 Å². The van der Waals surface area contributed by atoms with Crippen LogP contribution in [0.3, 0.4) is 0 Å². The summed E-state index contributed by atoms with van der Waals surface area (Å²) < 4.78 is 18.6. The second kappa shape index (κ2) is 8.61. The minimum absolute atomic E-state index is 0.00989. The molecule has 25 heavy (non-hydrogen) atoms. The average molecular weight is 340 g/mol. The molecule has 3 nitrogen and oxygen atoms in total. The SMILES string of the molecule is CC1OC(C)[C@H](OCc2ccccc2)C(OCc2ccccc2)[C@@H]1C. The van der Waals surface area contributed by atoms with Crippen LogP contribution in [0.2, 0.25) is 0 Å². The van der Waals surface area contributed by atoms with Crippen LogP contribution in [0.15, 0.2) is 60.7 Å². The predicted molar refractivity (Wildman–Crippen MR) is 99.2 cm³/mol. The molecule has 0 spiro atoms. The largest absolute Gasteiger partial charge is 0.372 e. The van der Waals surface area contributed by atoms with Gasteiger partial charge >= 0.3 is 0 Å². The number of benzene rings is 2. The molecule has 134 valence electrons. The van der Waals surface area contributed by atoms with Crippen molar-refractivity contribution in [3.8, 4) is 0 Å². The first kappa shape index (κ1) is 18.1. The van der Waals surface area contributed by atoms with Crippen LogP contribution in [-0.4, -0.2) is 24.4 Å². The Morgan fingerprint density at radius 1 is 0.680 bits per heavy atom. The molecule has 1 fully saturated rings. The van der Waals surface area contributed by atoms with Crippen molar-refractivity contribution in [2.24, 2.45) is 5.92 Å². The van der Waals surface area contributed by atoms with E-state index in [-0.39, 0.29) is 30.3 Å². The van der Waals surface area contributed by atoms with E-state index in [9.17, 15) is 0 Å². The van der Waals surface area contributed by atoms with E-state index in [1.807, 2.05) is 36.4 Å². The van der Waals surface area contributed by atoms with Gasteiger partial charge in [-0.25, -0.2) is 0 Å². The van der Waals surface area contributed by atoms with Crippen LogP contribution in [0.25, 0.3) is 0 Å². The van der Waals surface area contributed by atoms with E-state index in [4.69, 9.17) is 14.2 Å². The molecule has 0 saturated carbocycles. The fourth-order valence-corrected chi connectivity index (χ4v) is 3.38. The first-order valence-corrected chi connectivity index (χ1v) is 9.11. The molecule has 3 rings (SSSR count). The van der Waals surface area contributed by atoms with Gasteiger partial charge in [0.05, 0.1) is 31.5 Å². The van der Waals surface area contributed by atoms with Gasteiger partial charge in [0.1, 0.15) is 6.10 Å². The van der Waals surface area contributed by atoms with E-state index in [2.05, 4.69) is 45.0 Å². The van der Waals surface area contributed by atoms with Gasteiger partial charge in [-0.05, 0) is 25.0 Å². The van der Waals surface area contributed by atoms with Gasteiger partial charge in [-0.3, -0.25) is 0 Å². The zero-order valence-electron chi connectivity index (χ0n) is 15.3. The topological polar surface area (TPSA) is 27.7 Å². The van der Waals surface area contributed by atoms with Crippen molar-refractivity contribution in [1.29, 1.82) is 0 Å². The van der Waals surface area contributed by atoms with Gasteiger partial charge in [-0.2, -0.15) is 0 Å². The van der Waals surface area contributed by atoms with E-state index < -0.39 is 0 Å². The highest BCUT2D eigenvalue weighted by molar-refractivity contribution is 5.14. The molecule has 0 radical (unpaired) electrons. The Morgan fingerprint density at radius 2 is 1.16 bits per heavy atom. The summed E-state index contributed by atoms with van der Waals surface area (Å²) >= 11 is 0. The Morgan fingerprint density at radius 3 is 1.68 bits per heavy atom. The summed E-state index contributed by atoms with van der Waals surface area (Å²) in [7, 11) is 0. The van der Waals surface area contributed by atoms with Crippen LogP contribution < -0.4 is 0 Å². The summed E-state index contributed by atoms with van der Waals surface area (Å²) in [4.78, 5) is 0. The van der Waals surface area contributed by atoms with Crippen LogP contribution in [-0.2, 0) is 27.4 Å². The zero-order chi connectivity index (χ0) is 17.6. The Balaban J connectivity index is 1.67. The van der Waals surface area contributed by atoms with Crippen molar-refractivity contribution in [2.75, 3.05) is 0 Å². The van der Waals surface area contributed by atoms with Crippen molar-refractivity contribution in [2.45, 2.75) is 58.4 Å². The van der Waals surface area contributed by atoms with Crippen LogP contribution in [0.5, 0.6) is 0 Å². The normalized spacial score (nSPS) is 29.5. The molecule has 1 heterocycles. The maximum atomic E-state index is 6.32. The Bertz CT molecular complexity index is 628. The molecule has 3 unspecified atom stereocenters. The summed E-state index contributed by atoms with van der Waals surface area (Å²) in [5.41, 5.74) is 2.35. The summed E-state index contributed by atoms with van der Waals surface area (Å²) in [6, 6.07) is 20.6. The van der Waals surface area contributed by atoms with Gasteiger partial charge in [-0.1, -0.05) is 67.6 Å². The summed E-state index contributed by atoms with van der Waals surface area (Å²) in [5.74, 6) is 0.278. The molecule has 0 amide bonds. The molecule has 2 aromatic rings. The molecule has 0 aromatic heterocycles. The Kier molecular flexibility index (Phi) is 6.24. The minimum Gasteiger partial charge on any atom is -0.372 e. The second-order valence-corrected chi connectivity index (χ2v) is 6.93. The minimum atomic E-state index is -0.0740. The van der Waals surface area contributed by atoms with Crippen LogP contribution >= 0.6 is 0 Å². The molecule has 5 atom stereocenters. The van der Waals surface area contributed by atoms with E-state index in [0.717, 1.165) is 0 Å². The third-order valence-corrected chi connectivity index (χ3v) is 5.04. The molecule has 3 heteroatoms. The number of hydrogen-bond donors (Lipinski definition) is 0. The van der Waals surface area contributed by atoms with Gasteiger partial charge in [0.25, 0.3) is 0 Å². The third kappa shape index (κ3) is 4.69. The lowest BCUT2D eigenvalue weighted by atomic mass is 9.89. The predicted octanol–water partition coefficient (Wildman–Crippen LogP) is 4.60. The monoisotopic (exact) mass is 340 g/mol. The first-order chi connectivity index (χ1) is 12.1. The fraction of sp³-hybridized carbons (Fsp3) is 0.455. The van der Waals surface area contributed by atoms with Crippen molar-refractivity contribution in [3.63, 3.8) is 0 Å². The summed E-state index contributed by atoms with van der Waals surface area (Å²) in [6.45, 7) is 7.56. The molecule has 1 saturated heterocycles. The molecule has 1 aliphatic rings. The van der Waals surface area contributed by atoms with Gasteiger partial charge in [0.15, 0.2) is 0 Å². The Hall–Kier alpha value is -1.68. The third-order valence-electron chi connectivity index (χ3n) is 5.04. The molecule has 2 aromatic carbocycles. The molecule has 1 aliphatic heterocycles. The number of ether oxygens (including phenoxy) is 3.